The van der Waals surface area contributed by atoms with Gasteiger partial charge in [0.15, 0.2) is 6.10 Å². The lowest BCUT2D eigenvalue weighted by Crippen LogP contribution is -2.61. The highest BCUT2D eigenvalue weighted by molar-refractivity contribution is 5.73. The standard InChI is InChI=1S/C22H35NO8/c1-7-22(5,6)23-13-10-12(11-29-21(2,3)4)8-9-14(13)30-20-17(26)15(24)16(25)18(31-20)19(27)28/h8-10,15-18,20,23-26H,7,11H2,1-6H3,(H,27,28). The van der Waals surface area contributed by atoms with Crippen molar-refractivity contribution < 1.29 is 39.4 Å². The van der Waals surface area contributed by atoms with Crippen LogP contribution in [0.5, 0.6) is 5.75 Å². The second-order valence-corrected chi connectivity index (χ2v) is 9.45. The summed E-state index contributed by atoms with van der Waals surface area (Å²) in [6.07, 6.45) is -7.55. The third-order valence-electron chi connectivity index (χ3n) is 5.13. The fraction of sp³-hybridized carbons (Fsp3) is 0.682. The van der Waals surface area contributed by atoms with E-state index in [2.05, 4.69) is 5.32 Å². The third kappa shape index (κ3) is 6.78. The van der Waals surface area contributed by atoms with Crippen LogP contribution < -0.4 is 10.1 Å². The van der Waals surface area contributed by atoms with Gasteiger partial charge in [-0.15, -0.1) is 0 Å². The zero-order valence-electron chi connectivity index (χ0n) is 19.0. The Labute approximate surface area is 182 Å². The first-order valence-electron chi connectivity index (χ1n) is 10.4. The zero-order chi connectivity index (χ0) is 23.6. The fourth-order valence-electron chi connectivity index (χ4n) is 2.89. The summed E-state index contributed by atoms with van der Waals surface area (Å²) in [7, 11) is 0. The van der Waals surface area contributed by atoms with Crippen molar-refractivity contribution >= 4 is 11.7 Å². The van der Waals surface area contributed by atoms with E-state index in [0.717, 1.165) is 12.0 Å². The van der Waals surface area contributed by atoms with Gasteiger partial charge in [-0.3, -0.25) is 0 Å². The maximum atomic E-state index is 11.3. The molecule has 1 heterocycles. The van der Waals surface area contributed by atoms with Gasteiger partial charge in [-0.05, 0) is 58.7 Å². The van der Waals surface area contributed by atoms with Crippen LogP contribution >= 0.6 is 0 Å². The lowest BCUT2D eigenvalue weighted by Gasteiger charge is -2.39. The Morgan fingerprint density at radius 1 is 1.10 bits per heavy atom. The first kappa shape index (κ1) is 25.4. The molecule has 0 saturated carbocycles. The van der Waals surface area contributed by atoms with Gasteiger partial charge < -0.3 is 40.0 Å². The molecule has 9 nitrogen and oxygen atoms in total. The number of rotatable bonds is 8. The van der Waals surface area contributed by atoms with Gasteiger partial charge in [0.25, 0.3) is 0 Å². The van der Waals surface area contributed by atoms with Crippen LogP contribution in [0.3, 0.4) is 0 Å². The van der Waals surface area contributed by atoms with Gasteiger partial charge in [0.1, 0.15) is 24.1 Å². The van der Waals surface area contributed by atoms with Crippen LogP contribution in [0.2, 0.25) is 0 Å². The Balaban J connectivity index is 2.31. The molecule has 0 bridgehead atoms. The average Bonchev–Trinajstić information content (AvgIpc) is 2.67. The van der Waals surface area contributed by atoms with Crippen LogP contribution in [-0.4, -0.2) is 68.2 Å². The number of hydrogen-bond acceptors (Lipinski definition) is 8. The highest BCUT2D eigenvalue weighted by Crippen LogP contribution is 2.33. The van der Waals surface area contributed by atoms with E-state index in [1.54, 1.807) is 12.1 Å². The molecule has 5 N–H and O–H groups in total. The van der Waals surface area contributed by atoms with Crippen molar-refractivity contribution in [3.05, 3.63) is 23.8 Å². The molecular formula is C22H35NO8. The number of hydrogen-bond donors (Lipinski definition) is 5. The monoisotopic (exact) mass is 441 g/mol. The summed E-state index contributed by atoms with van der Waals surface area (Å²) in [5.74, 6) is -1.16. The Morgan fingerprint density at radius 2 is 1.74 bits per heavy atom. The predicted octanol–water partition coefficient (Wildman–Crippen LogP) is 1.87. The third-order valence-corrected chi connectivity index (χ3v) is 5.13. The number of aliphatic hydroxyl groups excluding tert-OH is 3. The number of aliphatic carboxylic acids is 1. The van der Waals surface area contributed by atoms with E-state index in [9.17, 15) is 25.2 Å². The lowest BCUT2D eigenvalue weighted by molar-refractivity contribution is -0.271. The van der Waals surface area contributed by atoms with Gasteiger partial charge in [-0.25, -0.2) is 4.79 Å². The maximum absolute atomic E-state index is 11.3. The van der Waals surface area contributed by atoms with Crippen molar-refractivity contribution in [2.75, 3.05) is 5.32 Å². The van der Waals surface area contributed by atoms with Crippen molar-refractivity contribution in [3.63, 3.8) is 0 Å². The molecule has 5 unspecified atom stereocenters. The summed E-state index contributed by atoms with van der Waals surface area (Å²) in [6.45, 7) is 12.3. The van der Waals surface area contributed by atoms with Crippen LogP contribution in [0, 0.1) is 0 Å². The molecule has 1 aliphatic heterocycles. The smallest absolute Gasteiger partial charge is 0.335 e. The lowest BCUT2D eigenvalue weighted by atomic mass is 9.99. The summed E-state index contributed by atoms with van der Waals surface area (Å²) < 4.78 is 16.9. The predicted molar refractivity (Wildman–Crippen MR) is 114 cm³/mol. The topological polar surface area (TPSA) is 138 Å². The normalized spacial score (nSPS) is 27.1. The SMILES string of the molecule is CCC(C)(C)Nc1cc(COC(C)(C)C)ccc1OC1OC(C(=O)O)C(O)C(O)C1O. The molecule has 1 fully saturated rings. The van der Waals surface area contributed by atoms with E-state index in [-0.39, 0.29) is 11.1 Å². The Hall–Kier alpha value is -1.91. The molecule has 0 amide bonds. The summed E-state index contributed by atoms with van der Waals surface area (Å²) >= 11 is 0. The Morgan fingerprint density at radius 3 is 2.29 bits per heavy atom. The molecule has 176 valence electrons. The molecule has 1 aromatic rings. The van der Waals surface area contributed by atoms with Gasteiger partial charge in [-0.1, -0.05) is 13.0 Å². The van der Waals surface area contributed by atoms with E-state index >= 15 is 0 Å². The summed E-state index contributed by atoms with van der Waals surface area (Å²) in [4.78, 5) is 11.3. The minimum Gasteiger partial charge on any atom is -0.479 e. The molecule has 31 heavy (non-hydrogen) atoms. The zero-order valence-corrected chi connectivity index (χ0v) is 19.0. The van der Waals surface area contributed by atoms with Crippen LogP contribution in [0.25, 0.3) is 0 Å². The Bertz CT molecular complexity index is 760. The van der Waals surface area contributed by atoms with E-state index in [4.69, 9.17) is 14.2 Å². The van der Waals surface area contributed by atoms with Gasteiger partial charge >= 0.3 is 5.97 Å². The molecule has 2 rings (SSSR count). The van der Waals surface area contributed by atoms with Crippen molar-refractivity contribution in [2.24, 2.45) is 0 Å². The molecule has 0 aliphatic carbocycles. The molecule has 1 saturated heterocycles. The number of carboxylic acids is 1. The summed E-state index contributed by atoms with van der Waals surface area (Å²) in [5.41, 5.74) is 0.896. The quantitative estimate of drug-likeness (QED) is 0.409. The molecule has 9 heteroatoms. The number of benzene rings is 1. The molecule has 5 atom stereocenters. The molecule has 1 aliphatic rings. The summed E-state index contributed by atoms with van der Waals surface area (Å²) in [6, 6.07) is 5.31. The highest BCUT2D eigenvalue weighted by atomic mass is 16.7. The van der Waals surface area contributed by atoms with Crippen molar-refractivity contribution in [2.45, 2.75) is 96.4 Å². The van der Waals surface area contributed by atoms with E-state index in [1.807, 2.05) is 47.6 Å². The van der Waals surface area contributed by atoms with E-state index < -0.39 is 36.7 Å². The maximum Gasteiger partial charge on any atom is 0.335 e. The minimum atomic E-state index is -1.78. The molecule has 0 radical (unpaired) electrons. The van der Waals surface area contributed by atoms with Crippen molar-refractivity contribution in [1.29, 1.82) is 0 Å². The second kappa shape index (κ2) is 9.70. The molecule has 0 aromatic heterocycles. The average molecular weight is 442 g/mol. The number of aliphatic hydroxyl groups is 3. The van der Waals surface area contributed by atoms with E-state index in [0.29, 0.717) is 18.0 Å². The number of ether oxygens (including phenoxy) is 3. The molecule has 1 aromatic carbocycles. The van der Waals surface area contributed by atoms with Gasteiger partial charge in [0, 0.05) is 5.54 Å². The van der Waals surface area contributed by atoms with Crippen molar-refractivity contribution in [1.82, 2.24) is 0 Å². The number of carboxylic acid groups (broad SMARTS) is 1. The summed E-state index contributed by atoms with van der Waals surface area (Å²) in [5, 5.41) is 42.8. The van der Waals surface area contributed by atoms with E-state index in [1.165, 1.54) is 0 Å². The van der Waals surface area contributed by atoms with Crippen LogP contribution in [-0.2, 0) is 20.9 Å². The van der Waals surface area contributed by atoms with Gasteiger partial charge in [0.2, 0.25) is 6.29 Å². The second-order valence-electron chi connectivity index (χ2n) is 9.45. The fourth-order valence-corrected chi connectivity index (χ4v) is 2.89. The number of nitrogens with one attached hydrogen (secondary N) is 1. The van der Waals surface area contributed by atoms with Crippen molar-refractivity contribution in [3.8, 4) is 5.75 Å². The molecular weight excluding hydrogens is 406 g/mol. The van der Waals surface area contributed by atoms with Gasteiger partial charge in [0.05, 0.1) is 17.9 Å². The number of carbonyl (C=O) groups is 1. The Kier molecular flexibility index (Phi) is 7.94. The molecule has 0 spiro atoms. The first-order valence-corrected chi connectivity index (χ1v) is 10.4. The van der Waals surface area contributed by atoms with Crippen LogP contribution in [0.1, 0.15) is 53.5 Å². The highest BCUT2D eigenvalue weighted by Gasteiger charge is 2.48. The van der Waals surface area contributed by atoms with Crippen LogP contribution in [0.15, 0.2) is 18.2 Å². The number of anilines is 1. The first-order chi connectivity index (χ1) is 14.2. The van der Waals surface area contributed by atoms with Crippen LogP contribution in [0.4, 0.5) is 5.69 Å². The minimum absolute atomic E-state index is 0.285. The van der Waals surface area contributed by atoms with Gasteiger partial charge in [-0.2, -0.15) is 0 Å². The largest absolute Gasteiger partial charge is 0.479 e.